The standard InChI is InChI=1S/C9H18N2OS2/c1-3-7(8(10)13)9(12)11-5-4-6-14-2/h7H,3-6H2,1-2H3,(H2,10,13)(H,11,12). The van der Waals surface area contributed by atoms with Gasteiger partial charge in [-0.15, -0.1) is 0 Å². The van der Waals surface area contributed by atoms with E-state index < -0.39 is 0 Å². The third kappa shape index (κ3) is 5.44. The molecular formula is C9H18N2OS2. The van der Waals surface area contributed by atoms with Gasteiger partial charge in [0.2, 0.25) is 5.91 Å². The van der Waals surface area contributed by atoms with Crippen molar-refractivity contribution in [3.05, 3.63) is 0 Å². The number of thioether (sulfide) groups is 1. The predicted octanol–water partition coefficient (Wildman–Crippen LogP) is 1.17. The number of nitrogens with one attached hydrogen (secondary N) is 1. The zero-order valence-corrected chi connectivity index (χ0v) is 10.3. The Morgan fingerprint density at radius 3 is 2.71 bits per heavy atom. The normalized spacial score (nSPS) is 12.1. The molecule has 0 fully saturated rings. The first-order valence-electron chi connectivity index (χ1n) is 4.69. The molecule has 0 rings (SSSR count). The van der Waals surface area contributed by atoms with E-state index in [-0.39, 0.29) is 16.8 Å². The summed E-state index contributed by atoms with van der Waals surface area (Å²) in [6, 6.07) is 0. The minimum atomic E-state index is -0.306. The van der Waals surface area contributed by atoms with Gasteiger partial charge in [-0.05, 0) is 24.9 Å². The fraction of sp³-hybridized carbons (Fsp3) is 0.778. The van der Waals surface area contributed by atoms with E-state index in [1.165, 1.54) is 0 Å². The van der Waals surface area contributed by atoms with Crippen LogP contribution < -0.4 is 11.1 Å². The lowest BCUT2D eigenvalue weighted by molar-refractivity contribution is -0.123. The molecule has 0 aliphatic carbocycles. The summed E-state index contributed by atoms with van der Waals surface area (Å²) >= 11 is 6.58. The maximum atomic E-state index is 11.5. The van der Waals surface area contributed by atoms with Crippen molar-refractivity contribution in [2.45, 2.75) is 19.8 Å². The van der Waals surface area contributed by atoms with Gasteiger partial charge in [0.05, 0.1) is 10.9 Å². The summed E-state index contributed by atoms with van der Waals surface area (Å²) in [5, 5.41) is 2.83. The van der Waals surface area contributed by atoms with Gasteiger partial charge < -0.3 is 11.1 Å². The Kier molecular flexibility index (Phi) is 7.89. The molecule has 0 spiro atoms. The number of rotatable bonds is 7. The third-order valence-electron chi connectivity index (χ3n) is 1.89. The zero-order valence-electron chi connectivity index (χ0n) is 8.71. The first kappa shape index (κ1) is 13.7. The average molecular weight is 234 g/mol. The van der Waals surface area contributed by atoms with Gasteiger partial charge >= 0.3 is 0 Å². The fourth-order valence-electron chi connectivity index (χ4n) is 1.07. The molecule has 0 bridgehead atoms. The van der Waals surface area contributed by atoms with Crippen molar-refractivity contribution >= 4 is 34.9 Å². The predicted molar refractivity (Wildman–Crippen MR) is 66.6 cm³/mol. The van der Waals surface area contributed by atoms with Gasteiger partial charge in [0.1, 0.15) is 0 Å². The Balaban J connectivity index is 3.76. The molecule has 1 atom stereocenters. The van der Waals surface area contributed by atoms with Gasteiger partial charge in [0.15, 0.2) is 0 Å². The summed E-state index contributed by atoms with van der Waals surface area (Å²) in [5.41, 5.74) is 5.45. The first-order chi connectivity index (χ1) is 6.63. The van der Waals surface area contributed by atoms with Crippen LogP contribution in [-0.4, -0.2) is 29.4 Å². The summed E-state index contributed by atoms with van der Waals surface area (Å²) in [6.45, 7) is 2.62. The largest absolute Gasteiger partial charge is 0.393 e. The summed E-state index contributed by atoms with van der Waals surface area (Å²) in [4.78, 5) is 11.8. The van der Waals surface area contributed by atoms with E-state index in [1.54, 1.807) is 11.8 Å². The number of amides is 1. The average Bonchev–Trinajstić information content (AvgIpc) is 2.13. The second kappa shape index (κ2) is 8.05. The first-order valence-corrected chi connectivity index (χ1v) is 6.49. The SMILES string of the molecule is CCC(C(=O)NCCCSC)C(N)=S. The van der Waals surface area contributed by atoms with Gasteiger partial charge in [-0.25, -0.2) is 0 Å². The lowest BCUT2D eigenvalue weighted by atomic mass is 10.1. The van der Waals surface area contributed by atoms with Crippen LogP contribution in [0, 0.1) is 5.92 Å². The van der Waals surface area contributed by atoms with Crippen LogP contribution in [0.1, 0.15) is 19.8 Å². The van der Waals surface area contributed by atoms with Gasteiger partial charge in [0.25, 0.3) is 0 Å². The summed E-state index contributed by atoms with van der Waals surface area (Å²) in [5.74, 6) is 0.713. The molecule has 0 saturated heterocycles. The van der Waals surface area contributed by atoms with Crippen LogP contribution in [0.15, 0.2) is 0 Å². The topological polar surface area (TPSA) is 55.1 Å². The molecule has 0 aliphatic rings. The van der Waals surface area contributed by atoms with Crippen LogP contribution in [0.3, 0.4) is 0 Å². The zero-order chi connectivity index (χ0) is 11.0. The Hall–Kier alpha value is -0.290. The minimum Gasteiger partial charge on any atom is -0.393 e. The van der Waals surface area contributed by atoms with Crippen LogP contribution in [-0.2, 0) is 4.79 Å². The van der Waals surface area contributed by atoms with Crippen molar-refractivity contribution < 1.29 is 4.79 Å². The van der Waals surface area contributed by atoms with Crippen LogP contribution in [0.25, 0.3) is 0 Å². The van der Waals surface area contributed by atoms with E-state index in [4.69, 9.17) is 18.0 Å². The third-order valence-corrected chi connectivity index (χ3v) is 2.87. The van der Waals surface area contributed by atoms with Crippen LogP contribution >= 0.6 is 24.0 Å². The molecule has 0 aromatic rings. The lowest BCUT2D eigenvalue weighted by Gasteiger charge is -2.12. The fourth-order valence-corrected chi connectivity index (χ4v) is 1.77. The molecule has 14 heavy (non-hydrogen) atoms. The molecule has 5 heteroatoms. The second-order valence-corrected chi connectivity index (χ2v) is 4.46. The Labute approximate surface area is 95.2 Å². The maximum absolute atomic E-state index is 11.5. The highest BCUT2D eigenvalue weighted by molar-refractivity contribution is 7.98. The minimum absolute atomic E-state index is 0.0406. The van der Waals surface area contributed by atoms with Crippen LogP contribution in [0.2, 0.25) is 0 Å². The van der Waals surface area contributed by atoms with E-state index in [0.29, 0.717) is 13.0 Å². The van der Waals surface area contributed by atoms with E-state index in [0.717, 1.165) is 12.2 Å². The van der Waals surface area contributed by atoms with Gasteiger partial charge in [-0.3, -0.25) is 4.79 Å². The molecule has 3 N–H and O–H groups in total. The van der Waals surface area contributed by atoms with Crippen molar-refractivity contribution in [2.24, 2.45) is 11.7 Å². The molecule has 82 valence electrons. The van der Waals surface area contributed by atoms with Crippen molar-refractivity contribution in [2.75, 3.05) is 18.6 Å². The molecule has 0 aromatic heterocycles. The number of thiocarbonyl (C=S) groups is 1. The maximum Gasteiger partial charge on any atom is 0.229 e. The highest BCUT2D eigenvalue weighted by Gasteiger charge is 2.18. The summed E-state index contributed by atoms with van der Waals surface area (Å²) < 4.78 is 0. The molecule has 1 unspecified atom stereocenters. The monoisotopic (exact) mass is 234 g/mol. The van der Waals surface area contributed by atoms with Crippen molar-refractivity contribution in [3.8, 4) is 0 Å². The molecule has 0 heterocycles. The highest BCUT2D eigenvalue weighted by atomic mass is 32.2. The van der Waals surface area contributed by atoms with Crippen molar-refractivity contribution in [1.29, 1.82) is 0 Å². The van der Waals surface area contributed by atoms with Crippen LogP contribution in [0.5, 0.6) is 0 Å². The van der Waals surface area contributed by atoms with E-state index >= 15 is 0 Å². The number of carbonyl (C=O) groups is 1. The Bertz CT molecular complexity index is 197. The molecule has 0 radical (unpaired) electrons. The summed E-state index contributed by atoms with van der Waals surface area (Å²) in [7, 11) is 0. The van der Waals surface area contributed by atoms with Crippen LogP contribution in [0.4, 0.5) is 0 Å². The van der Waals surface area contributed by atoms with Gasteiger partial charge in [-0.2, -0.15) is 11.8 Å². The molecule has 0 aromatic carbocycles. The van der Waals surface area contributed by atoms with E-state index in [2.05, 4.69) is 5.32 Å². The van der Waals surface area contributed by atoms with Crippen molar-refractivity contribution in [1.82, 2.24) is 5.32 Å². The Morgan fingerprint density at radius 2 is 2.29 bits per heavy atom. The molecule has 0 aliphatic heterocycles. The lowest BCUT2D eigenvalue weighted by Crippen LogP contribution is -2.38. The molecule has 0 saturated carbocycles. The van der Waals surface area contributed by atoms with E-state index in [1.807, 2.05) is 13.2 Å². The van der Waals surface area contributed by atoms with Gasteiger partial charge in [-0.1, -0.05) is 19.1 Å². The number of hydrogen-bond donors (Lipinski definition) is 2. The summed E-state index contributed by atoms with van der Waals surface area (Å²) in [6.07, 6.45) is 3.70. The molecule has 1 amide bonds. The van der Waals surface area contributed by atoms with E-state index in [9.17, 15) is 4.79 Å². The number of nitrogens with two attached hydrogens (primary N) is 1. The van der Waals surface area contributed by atoms with Gasteiger partial charge in [0, 0.05) is 6.54 Å². The molecular weight excluding hydrogens is 216 g/mol. The Morgan fingerprint density at radius 1 is 1.64 bits per heavy atom. The number of hydrogen-bond acceptors (Lipinski definition) is 3. The smallest absolute Gasteiger partial charge is 0.229 e. The quantitative estimate of drug-likeness (QED) is 0.513. The van der Waals surface area contributed by atoms with Crippen molar-refractivity contribution in [3.63, 3.8) is 0 Å². The molecule has 3 nitrogen and oxygen atoms in total. The number of carbonyl (C=O) groups excluding carboxylic acids is 1. The second-order valence-electron chi connectivity index (χ2n) is 3.00. The highest BCUT2D eigenvalue weighted by Crippen LogP contribution is 2.03.